The number of unbranched alkanes of at least 4 members (excludes halogenated alkanes) is 12. The molecule has 0 aliphatic carbocycles. The lowest BCUT2D eigenvalue weighted by atomic mass is 10.1. The lowest BCUT2D eigenvalue weighted by molar-refractivity contribution is -0.166. The maximum absolute atomic E-state index is 12.8. The quantitative estimate of drug-likeness (QED) is 0.0262. The summed E-state index contributed by atoms with van der Waals surface area (Å²) in [7, 11) is 0. The topological polar surface area (TPSA) is 78.9 Å². The summed E-state index contributed by atoms with van der Waals surface area (Å²) in [5.41, 5.74) is 0. The Labute approximate surface area is 423 Å². The van der Waals surface area contributed by atoms with Gasteiger partial charge in [-0.3, -0.25) is 14.4 Å². The zero-order valence-electron chi connectivity index (χ0n) is 44.0. The Kier molecular flexibility index (Phi) is 52.1. The summed E-state index contributed by atoms with van der Waals surface area (Å²) in [4.78, 5) is 38.1. The van der Waals surface area contributed by atoms with Gasteiger partial charge in [-0.2, -0.15) is 0 Å². The van der Waals surface area contributed by atoms with Crippen molar-refractivity contribution in [2.75, 3.05) is 13.2 Å². The molecule has 0 aromatic carbocycles. The standard InChI is InChI=1S/C63H98O6/c1-4-7-10-13-16-19-22-25-28-30-31-33-36-39-42-45-48-51-54-57-63(66)69-60(58-67-61(64)55-52-49-46-43-40-37-34-27-24-21-18-15-12-9-6-3)59-68-62(65)56-53-50-47-44-41-38-35-32-29-26-23-20-17-14-11-8-5-2/h7-8,10-11,16-17,19-21,24-26,28-29,31,33,35,38-39,42,44,47-48,51,60H,4-6,9,12-15,18,22-23,27,30,32,34,36-37,40-41,43,45-46,49-50,52-59H2,1-3H3/b10-7-,11-8-,19-16-,20-17-,24-21-,28-25-,29-26-,33-31-,38-35-,42-39-,47-44-,51-48-/t60-/m0/s1. The summed E-state index contributed by atoms with van der Waals surface area (Å²) in [6.07, 6.45) is 79.9. The van der Waals surface area contributed by atoms with Gasteiger partial charge in [-0.25, -0.2) is 0 Å². The van der Waals surface area contributed by atoms with Crippen LogP contribution >= 0.6 is 0 Å². The zero-order valence-corrected chi connectivity index (χ0v) is 44.0. The summed E-state index contributed by atoms with van der Waals surface area (Å²) >= 11 is 0. The van der Waals surface area contributed by atoms with E-state index in [-0.39, 0.29) is 38.0 Å². The molecule has 0 amide bonds. The Morgan fingerprint density at radius 1 is 0.304 bits per heavy atom. The van der Waals surface area contributed by atoms with Gasteiger partial charge >= 0.3 is 17.9 Å². The van der Waals surface area contributed by atoms with Crippen LogP contribution in [0.25, 0.3) is 0 Å². The first kappa shape index (κ1) is 64.3. The highest BCUT2D eigenvalue weighted by atomic mass is 16.6. The molecule has 0 rings (SSSR count). The monoisotopic (exact) mass is 951 g/mol. The molecule has 0 aromatic heterocycles. The van der Waals surface area contributed by atoms with Crippen LogP contribution in [0.2, 0.25) is 0 Å². The second-order valence-corrected chi connectivity index (χ2v) is 17.4. The van der Waals surface area contributed by atoms with E-state index in [1.165, 1.54) is 64.2 Å². The van der Waals surface area contributed by atoms with E-state index in [4.69, 9.17) is 14.2 Å². The van der Waals surface area contributed by atoms with Gasteiger partial charge in [-0.15, -0.1) is 0 Å². The Morgan fingerprint density at radius 3 is 1.01 bits per heavy atom. The van der Waals surface area contributed by atoms with Crippen molar-refractivity contribution in [3.8, 4) is 0 Å². The first-order chi connectivity index (χ1) is 34.0. The van der Waals surface area contributed by atoms with Gasteiger partial charge in [-0.05, 0) is 122 Å². The Hall–Kier alpha value is -4.71. The van der Waals surface area contributed by atoms with Crippen LogP contribution in [-0.2, 0) is 28.6 Å². The first-order valence-electron chi connectivity index (χ1n) is 27.3. The number of rotatable bonds is 47. The molecular weight excluding hydrogens is 853 g/mol. The van der Waals surface area contributed by atoms with E-state index in [1.807, 2.05) is 12.2 Å². The SMILES string of the molecule is CC/C=C\C/C=C\C/C=C\C/C=C\C/C=C\C/C=C\CCC(=O)O[C@H](COC(=O)CCC/C=C\C/C=C\C/C=C\C/C=C\C/C=C\CC)COC(=O)CCCCCCCCC/C=C\CCCCCC. The van der Waals surface area contributed by atoms with Crippen LogP contribution in [0.1, 0.15) is 213 Å². The van der Waals surface area contributed by atoms with E-state index in [9.17, 15) is 14.4 Å². The van der Waals surface area contributed by atoms with Gasteiger partial charge in [0, 0.05) is 19.3 Å². The minimum atomic E-state index is -0.849. The highest BCUT2D eigenvalue weighted by Gasteiger charge is 2.19. The van der Waals surface area contributed by atoms with Crippen molar-refractivity contribution in [1.29, 1.82) is 0 Å². The molecule has 386 valence electrons. The van der Waals surface area contributed by atoms with Crippen molar-refractivity contribution in [1.82, 2.24) is 0 Å². The Morgan fingerprint density at radius 2 is 0.609 bits per heavy atom. The molecule has 0 fully saturated rings. The van der Waals surface area contributed by atoms with Crippen LogP contribution in [0.5, 0.6) is 0 Å². The fraction of sp³-hybridized carbons (Fsp3) is 0.571. The van der Waals surface area contributed by atoms with E-state index in [1.54, 1.807) is 0 Å². The normalized spacial score (nSPS) is 13.3. The molecule has 0 unspecified atom stereocenters. The lowest BCUT2D eigenvalue weighted by Gasteiger charge is -2.18. The number of esters is 3. The van der Waals surface area contributed by atoms with Crippen molar-refractivity contribution < 1.29 is 28.6 Å². The lowest BCUT2D eigenvalue weighted by Crippen LogP contribution is -2.30. The smallest absolute Gasteiger partial charge is 0.306 e. The minimum Gasteiger partial charge on any atom is -0.462 e. The maximum atomic E-state index is 12.8. The third-order valence-corrected chi connectivity index (χ3v) is 10.8. The highest BCUT2D eigenvalue weighted by molar-refractivity contribution is 5.71. The van der Waals surface area contributed by atoms with Crippen molar-refractivity contribution in [3.05, 3.63) is 146 Å². The van der Waals surface area contributed by atoms with E-state index < -0.39 is 12.1 Å². The molecule has 6 heteroatoms. The Bertz CT molecular complexity index is 1560. The Balaban J connectivity index is 4.63. The average molecular weight is 951 g/mol. The number of hydrogen-bond acceptors (Lipinski definition) is 6. The maximum Gasteiger partial charge on any atom is 0.306 e. The van der Waals surface area contributed by atoms with Crippen LogP contribution in [0.3, 0.4) is 0 Å². The molecule has 0 aliphatic rings. The second kappa shape index (κ2) is 55.9. The van der Waals surface area contributed by atoms with Crippen LogP contribution in [0.15, 0.2) is 146 Å². The number of carbonyl (C=O) groups excluding carboxylic acids is 3. The molecule has 0 N–H and O–H groups in total. The van der Waals surface area contributed by atoms with Gasteiger partial charge in [0.25, 0.3) is 0 Å². The van der Waals surface area contributed by atoms with E-state index in [2.05, 4.69) is 154 Å². The van der Waals surface area contributed by atoms with Crippen LogP contribution in [0.4, 0.5) is 0 Å². The van der Waals surface area contributed by atoms with E-state index in [0.29, 0.717) is 19.3 Å². The van der Waals surface area contributed by atoms with Gasteiger partial charge in [-0.1, -0.05) is 218 Å². The number of hydrogen-bond donors (Lipinski definition) is 0. The number of ether oxygens (including phenoxy) is 3. The molecule has 0 radical (unpaired) electrons. The largest absolute Gasteiger partial charge is 0.462 e. The summed E-state index contributed by atoms with van der Waals surface area (Å²) in [5, 5.41) is 0. The zero-order chi connectivity index (χ0) is 50.0. The average Bonchev–Trinajstić information content (AvgIpc) is 3.35. The van der Waals surface area contributed by atoms with Gasteiger partial charge < -0.3 is 14.2 Å². The van der Waals surface area contributed by atoms with E-state index in [0.717, 1.165) is 96.3 Å². The molecule has 69 heavy (non-hydrogen) atoms. The van der Waals surface area contributed by atoms with Crippen LogP contribution in [0, 0.1) is 0 Å². The van der Waals surface area contributed by atoms with E-state index >= 15 is 0 Å². The molecular formula is C63H98O6. The van der Waals surface area contributed by atoms with Gasteiger partial charge in [0.1, 0.15) is 13.2 Å². The van der Waals surface area contributed by atoms with Crippen molar-refractivity contribution in [3.63, 3.8) is 0 Å². The fourth-order valence-electron chi connectivity index (χ4n) is 6.79. The van der Waals surface area contributed by atoms with Gasteiger partial charge in [0.2, 0.25) is 0 Å². The minimum absolute atomic E-state index is 0.134. The fourth-order valence-corrected chi connectivity index (χ4v) is 6.79. The summed E-state index contributed by atoms with van der Waals surface area (Å²) < 4.78 is 16.7. The molecule has 6 nitrogen and oxygen atoms in total. The summed E-state index contributed by atoms with van der Waals surface area (Å²) in [5.74, 6) is -1.09. The molecule has 0 spiro atoms. The van der Waals surface area contributed by atoms with Gasteiger partial charge in [0.15, 0.2) is 6.10 Å². The predicted octanol–water partition coefficient (Wildman–Crippen LogP) is 18.4. The predicted molar refractivity (Wildman–Crippen MR) is 297 cm³/mol. The molecule has 0 saturated heterocycles. The highest BCUT2D eigenvalue weighted by Crippen LogP contribution is 2.12. The molecule has 0 aromatic rings. The summed E-state index contributed by atoms with van der Waals surface area (Å²) in [6.45, 7) is 6.26. The number of carbonyl (C=O) groups is 3. The van der Waals surface area contributed by atoms with Crippen molar-refractivity contribution in [2.24, 2.45) is 0 Å². The second-order valence-electron chi connectivity index (χ2n) is 17.4. The van der Waals surface area contributed by atoms with Crippen molar-refractivity contribution in [2.45, 2.75) is 219 Å². The molecule has 0 aliphatic heterocycles. The molecule has 0 saturated carbocycles. The molecule has 0 bridgehead atoms. The van der Waals surface area contributed by atoms with Crippen LogP contribution < -0.4 is 0 Å². The molecule has 1 atom stereocenters. The third kappa shape index (κ3) is 54.1. The first-order valence-corrected chi connectivity index (χ1v) is 27.3. The van der Waals surface area contributed by atoms with Crippen molar-refractivity contribution >= 4 is 17.9 Å². The van der Waals surface area contributed by atoms with Crippen LogP contribution in [-0.4, -0.2) is 37.2 Å². The third-order valence-electron chi connectivity index (χ3n) is 10.8. The van der Waals surface area contributed by atoms with Gasteiger partial charge in [0.05, 0.1) is 0 Å². The molecule has 0 heterocycles. The number of allylic oxidation sites excluding steroid dienone is 24. The summed E-state index contributed by atoms with van der Waals surface area (Å²) in [6, 6.07) is 0.